The van der Waals surface area contributed by atoms with Crippen molar-refractivity contribution in [2.45, 2.75) is 13.0 Å². The van der Waals surface area contributed by atoms with Gasteiger partial charge in [0.1, 0.15) is 12.4 Å². The van der Waals surface area contributed by atoms with Gasteiger partial charge in [-0.1, -0.05) is 24.3 Å². The third kappa shape index (κ3) is 3.60. The number of ether oxygens (including phenoxy) is 1. The molecule has 0 spiro atoms. The van der Waals surface area contributed by atoms with Crippen LogP contribution in [0.1, 0.15) is 16.7 Å². The van der Waals surface area contributed by atoms with Crippen molar-refractivity contribution in [3.63, 3.8) is 0 Å². The Balaban J connectivity index is 2.09. The largest absolute Gasteiger partial charge is 0.488 e. The number of nitrogens with zero attached hydrogens (tertiary/aromatic N) is 1. The van der Waals surface area contributed by atoms with Gasteiger partial charge in [0.15, 0.2) is 0 Å². The molecule has 0 atom stereocenters. The molecular formula is C16H15BrN2O. The molecule has 2 aromatic rings. The van der Waals surface area contributed by atoms with E-state index in [0.29, 0.717) is 18.7 Å². The highest BCUT2D eigenvalue weighted by molar-refractivity contribution is 9.10. The summed E-state index contributed by atoms with van der Waals surface area (Å²) < 4.78 is 6.67. The maximum atomic E-state index is 9.04. The van der Waals surface area contributed by atoms with Gasteiger partial charge in [-0.25, -0.2) is 0 Å². The molecule has 20 heavy (non-hydrogen) atoms. The Morgan fingerprint density at radius 2 is 2.00 bits per heavy atom. The summed E-state index contributed by atoms with van der Waals surface area (Å²) in [5, 5.41) is 9.04. The SMILES string of the molecule is N#Cc1ccccc1COc1ccc(CCN)cc1Br. The first kappa shape index (κ1) is 14.6. The van der Waals surface area contributed by atoms with Crippen LogP contribution in [0.15, 0.2) is 46.9 Å². The molecule has 2 rings (SSSR count). The molecule has 0 fully saturated rings. The average molecular weight is 331 g/mol. The molecule has 102 valence electrons. The molecule has 0 heterocycles. The smallest absolute Gasteiger partial charge is 0.134 e. The Labute approximate surface area is 127 Å². The summed E-state index contributed by atoms with van der Waals surface area (Å²) in [4.78, 5) is 0. The Bertz CT molecular complexity index is 635. The van der Waals surface area contributed by atoms with Crippen molar-refractivity contribution < 1.29 is 4.74 Å². The zero-order chi connectivity index (χ0) is 14.4. The molecule has 0 aliphatic carbocycles. The number of hydrogen-bond donors (Lipinski definition) is 1. The lowest BCUT2D eigenvalue weighted by Gasteiger charge is -2.10. The monoisotopic (exact) mass is 330 g/mol. The van der Waals surface area contributed by atoms with E-state index in [9.17, 15) is 0 Å². The van der Waals surface area contributed by atoms with Gasteiger partial charge in [-0.05, 0) is 52.7 Å². The number of halogens is 1. The van der Waals surface area contributed by atoms with E-state index in [1.807, 2.05) is 36.4 Å². The standard InChI is InChI=1S/C16H15BrN2O/c17-15-9-12(7-8-18)5-6-16(15)20-11-14-4-2-1-3-13(14)10-19/h1-6,9H,7-8,11,18H2. The number of hydrogen-bond acceptors (Lipinski definition) is 3. The topological polar surface area (TPSA) is 59.0 Å². The molecule has 0 saturated carbocycles. The maximum absolute atomic E-state index is 9.04. The van der Waals surface area contributed by atoms with Crippen LogP contribution in [0.3, 0.4) is 0 Å². The Morgan fingerprint density at radius 1 is 1.20 bits per heavy atom. The predicted molar refractivity (Wildman–Crippen MR) is 82.4 cm³/mol. The molecule has 2 N–H and O–H groups in total. The first-order chi connectivity index (χ1) is 9.74. The third-order valence-electron chi connectivity index (χ3n) is 2.95. The highest BCUT2D eigenvalue weighted by atomic mass is 79.9. The van der Waals surface area contributed by atoms with Crippen LogP contribution in [0.4, 0.5) is 0 Å². The number of rotatable bonds is 5. The fourth-order valence-corrected chi connectivity index (χ4v) is 2.43. The van der Waals surface area contributed by atoms with Gasteiger partial charge in [-0.3, -0.25) is 0 Å². The van der Waals surface area contributed by atoms with Crippen LogP contribution >= 0.6 is 15.9 Å². The zero-order valence-electron chi connectivity index (χ0n) is 11.0. The normalized spacial score (nSPS) is 10.1. The molecule has 0 radical (unpaired) electrons. The van der Waals surface area contributed by atoms with Crippen LogP contribution in [-0.4, -0.2) is 6.54 Å². The van der Waals surface area contributed by atoms with Crippen LogP contribution < -0.4 is 10.5 Å². The van der Waals surface area contributed by atoms with Crippen LogP contribution in [-0.2, 0) is 13.0 Å². The minimum atomic E-state index is 0.374. The van der Waals surface area contributed by atoms with E-state index in [2.05, 4.69) is 22.0 Å². The van der Waals surface area contributed by atoms with E-state index in [1.165, 1.54) is 5.56 Å². The minimum absolute atomic E-state index is 0.374. The van der Waals surface area contributed by atoms with E-state index in [-0.39, 0.29) is 0 Å². The molecule has 0 aliphatic rings. The number of benzene rings is 2. The number of nitrogens with two attached hydrogens (primary N) is 1. The summed E-state index contributed by atoms with van der Waals surface area (Å²) >= 11 is 3.50. The van der Waals surface area contributed by atoms with E-state index < -0.39 is 0 Å². The summed E-state index contributed by atoms with van der Waals surface area (Å²) in [6.45, 7) is 1.00. The second kappa shape index (κ2) is 7.09. The van der Waals surface area contributed by atoms with Gasteiger partial charge in [-0.15, -0.1) is 0 Å². The van der Waals surface area contributed by atoms with Gasteiger partial charge >= 0.3 is 0 Å². The maximum Gasteiger partial charge on any atom is 0.134 e. The van der Waals surface area contributed by atoms with Crippen molar-refractivity contribution in [3.8, 4) is 11.8 Å². The van der Waals surface area contributed by atoms with Gasteiger partial charge in [0.05, 0.1) is 16.1 Å². The molecule has 0 saturated heterocycles. The van der Waals surface area contributed by atoms with Gasteiger partial charge in [0.2, 0.25) is 0 Å². The third-order valence-corrected chi connectivity index (χ3v) is 3.57. The lowest BCUT2D eigenvalue weighted by atomic mass is 10.1. The quantitative estimate of drug-likeness (QED) is 0.913. The van der Waals surface area contributed by atoms with Crippen LogP contribution in [0, 0.1) is 11.3 Å². The molecule has 2 aromatic carbocycles. The highest BCUT2D eigenvalue weighted by Gasteiger charge is 2.05. The average Bonchev–Trinajstić information content (AvgIpc) is 2.47. The summed E-state index contributed by atoms with van der Waals surface area (Å²) in [5.41, 5.74) is 8.23. The summed E-state index contributed by atoms with van der Waals surface area (Å²) in [6.07, 6.45) is 0.843. The lowest BCUT2D eigenvalue weighted by Crippen LogP contribution is -2.03. The lowest BCUT2D eigenvalue weighted by molar-refractivity contribution is 0.304. The Kier molecular flexibility index (Phi) is 5.16. The molecule has 0 aromatic heterocycles. The van der Waals surface area contributed by atoms with Crippen molar-refractivity contribution in [2.75, 3.05) is 6.54 Å². The molecule has 0 unspecified atom stereocenters. The fraction of sp³-hybridized carbons (Fsp3) is 0.188. The summed E-state index contributed by atoms with van der Waals surface area (Å²) in [6, 6.07) is 15.5. The zero-order valence-corrected chi connectivity index (χ0v) is 12.6. The second-order valence-corrected chi connectivity index (χ2v) is 5.22. The second-order valence-electron chi connectivity index (χ2n) is 4.36. The molecule has 0 aliphatic heterocycles. The van der Waals surface area contributed by atoms with Crippen molar-refractivity contribution in [3.05, 3.63) is 63.6 Å². The summed E-state index contributed by atoms with van der Waals surface area (Å²) in [5.74, 6) is 0.763. The van der Waals surface area contributed by atoms with E-state index in [1.54, 1.807) is 6.07 Å². The van der Waals surface area contributed by atoms with E-state index in [0.717, 1.165) is 22.2 Å². The van der Waals surface area contributed by atoms with Gasteiger partial charge in [0.25, 0.3) is 0 Å². The molecule has 3 nitrogen and oxygen atoms in total. The van der Waals surface area contributed by atoms with Gasteiger partial charge in [0, 0.05) is 5.56 Å². The molecular weight excluding hydrogens is 316 g/mol. The minimum Gasteiger partial charge on any atom is -0.488 e. The highest BCUT2D eigenvalue weighted by Crippen LogP contribution is 2.27. The fourth-order valence-electron chi connectivity index (χ4n) is 1.89. The Hall–Kier alpha value is -1.83. The van der Waals surface area contributed by atoms with Crippen molar-refractivity contribution in [1.82, 2.24) is 0 Å². The van der Waals surface area contributed by atoms with Crippen LogP contribution in [0.2, 0.25) is 0 Å². The van der Waals surface area contributed by atoms with Crippen molar-refractivity contribution in [1.29, 1.82) is 5.26 Å². The van der Waals surface area contributed by atoms with Crippen LogP contribution in [0.25, 0.3) is 0 Å². The van der Waals surface area contributed by atoms with Gasteiger partial charge in [-0.2, -0.15) is 5.26 Å². The van der Waals surface area contributed by atoms with Crippen molar-refractivity contribution >= 4 is 15.9 Å². The van der Waals surface area contributed by atoms with Gasteiger partial charge < -0.3 is 10.5 Å². The summed E-state index contributed by atoms with van der Waals surface area (Å²) in [7, 11) is 0. The Morgan fingerprint density at radius 3 is 2.70 bits per heavy atom. The van der Waals surface area contributed by atoms with E-state index in [4.69, 9.17) is 15.7 Å². The molecule has 0 amide bonds. The molecule has 4 heteroatoms. The van der Waals surface area contributed by atoms with Crippen molar-refractivity contribution in [2.24, 2.45) is 5.73 Å². The van der Waals surface area contributed by atoms with E-state index >= 15 is 0 Å². The first-order valence-corrected chi connectivity index (χ1v) is 7.13. The first-order valence-electron chi connectivity index (χ1n) is 6.34. The van der Waals surface area contributed by atoms with Crippen LogP contribution in [0.5, 0.6) is 5.75 Å². The molecule has 0 bridgehead atoms. The number of nitriles is 1. The predicted octanol–water partition coefficient (Wildman–Crippen LogP) is 3.40.